The number of benzene rings is 2. The lowest BCUT2D eigenvalue weighted by Crippen LogP contribution is -2.26. The van der Waals surface area contributed by atoms with Crippen molar-refractivity contribution in [2.75, 3.05) is 11.9 Å². The first kappa shape index (κ1) is 17.8. The SMILES string of the molecule is CN(C(=O)c1cnn2c(C(F)F)cc(-c3ccccc3)nc12)c1ccccc1. The fourth-order valence-corrected chi connectivity index (χ4v) is 3.00. The van der Waals surface area contributed by atoms with E-state index in [1.807, 2.05) is 24.3 Å². The molecule has 1 amide bonds. The maximum absolute atomic E-state index is 13.6. The second kappa shape index (κ2) is 7.19. The van der Waals surface area contributed by atoms with E-state index in [-0.39, 0.29) is 22.8 Å². The molecule has 0 aliphatic heterocycles. The van der Waals surface area contributed by atoms with E-state index in [0.29, 0.717) is 16.9 Å². The summed E-state index contributed by atoms with van der Waals surface area (Å²) in [5, 5.41) is 4.00. The lowest BCUT2D eigenvalue weighted by Gasteiger charge is -2.16. The van der Waals surface area contributed by atoms with Crippen molar-refractivity contribution in [1.82, 2.24) is 14.6 Å². The molecule has 0 aliphatic rings. The molecular formula is C21H16F2N4O. The molecule has 4 rings (SSSR count). The molecule has 4 aromatic rings. The summed E-state index contributed by atoms with van der Waals surface area (Å²) in [5.41, 5.74) is 1.67. The van der Waals surface area contributed by atoms with Gasteiger partial charge in [0.05, 0.1) is 11.9 Å². The van der Waals surface area contributed by atoms with Crippen LogP contribution < -0.4 is 4.90 Å². The molecule has 28 heavy (non-hydrogen) atoms. The van der Waals surface area contributed by atoms with E-state index in [1.54, 1.807) is 43.4 Å². The number of amides is 1. The maximum atomic E-state index is 13.6. The average molecular weight is 378 g/mol. The molecule has 0 aliphatic carbocycles. The van der Waals surface area contributed by atoms with Crippen molar-refractivity contribution in [2.45, 2.75) is 6.43 Å². The molecule has 0 spiro atoms. The Morgan fingerprint density at radius 2 is 1.68 bits per heavy atom. The number of fused-ring (bicyclic) bond motifs is 1. The number of carbonyl (C=O) groups is 1. The number of para-hydroxylation sites is 1. The van der Waals surface area contributed by atoms with Crippen molar-refractivity contribution in [3.8, 4) is 11.3 Å². The van der Waals surface area contributed by atoms with Gasteiger partial charge in [-0.25, -0.2) is 18.3 Å². The minimum absolute atomic E-state index is 0.101. The summed E-state index contributed by atoms with van der Waals surface area (Å²) in [5.74, 6) is -0.376. The zero-order valence-electron chi connectivity index (χ0n) is 15.0. The van der Waals surface area contributed by atoms with Gasteiger partial charge in [0.25, 0.3) is 12.3 Å². The highest BCUT2D eigenvalue weighted by Crippen LogP contribution is 2.27. The van der Waals surface area contributed by atoms with Crippen molar-refractivity contribution in [3.05, 3.63) is 84.2 Å². The Bertz CT molecular complexity index is 1130. The van der Waals surface area contributed by atoms with Crippen molar-refractivity contribution < 1.29 is 13.6 Å². The van der Waals surface area contributed by atoms with Gasteiger partial charge in [-0.15, -0.1) is 0 Å². The van der Waals surface area contributed by atoms with Gasteiger partial charge in [0, 0.05) is 18.3 Å². The van der Waals surface area contributed by atoms with Crippen LogP contribution in [0.1, 0.15) is 22.5 Å². The van der Waals surface area contributed by atoms with Crippen LogP contribution in [0.2, 0.25) is 0 Å². The first-order chi connectivity index (χ1) is 13.6. The minimum Gasteiger partial charge on any atom is -0.311 e. The van der Waals surface area contributed by atoms with Gasteiger partial charge in [0.2, 0.25) is 0 Å². The van der Waals surface area contributed by atoms with Crippen LogP contribution in [0.4, 0.5) is 14.5 Å². The number of hydrogen-bond donors (Lipinski definition) is 0. The highest BCUT2D eigenvalue weighted by Gasteiger charge is 2.23. The number of hydrogen-bond acceptors (Lipinski definition) is 3. The summed E-state index contributed by atoms with van der Waals surface area (Å²) in [6.07, 6.45) is -1.48. The van der Waals surface area contributed by atoms with Crippen LogP contribution in [-0.2, 0) is 0 Å². The Balaban J connectivity index is 1.86. The summed E-state index contributed by atoms with van der Waals surface area (Å²) in [7, 11) is 1.62. The topological polar surface area (TPSA) is 50.5 Å². The van der Waals surface area contributed by atoms with E-state index >= 15 is 0 Å². The molecular weight excluding hydrogens is 362 g/mol. The molecule has 2 aromatic carbocycles. The van der Waals surface area contributed by atoms with E-state index in [9.17, 15) is 13.6 Å². The highest BCUT2D eigenvalue weighted by atomic mass is 19.3. The third-order valence-corrected chi connectivity index (χ3v) is 4.47. The smallest absolute Gasteiger partial charge is 0.280 e. The number of nitrogens with zero attached hydrogens (tertiary/aromatic N) is 4. The van der Waals surface area contributed by atoms with Gasteiger partial charge >= 0.3 is 0 Å². The Labute approximate surface area is 159 Å². The van der Waals surface area contributed by atoms with Crippen LogP contribution in [0.15, 0.2) is 72.9 Å². The predicted octanol–water partition coefficient (Wildman–Crippen LogP) is 4.61. The summed E-state index contributed by atoms with van der Waals surface area (Å²) in [6, 6.07) is 19.3. The van der Waals surface area contributed by atoms with E-state index in [1.165, 1.54) is 17.2 Å². The fourth-order valence-electron chi connectivity index (χ4n) is 3.00. The second-order valence-electron chi connectivity index (χ2n) is 6.23. The Hall–Kier alpha value is -3.61. The fraction of sp³-hybridized carbons (Fsp3) is 0.0952. The zero-order chi connectivity index (χ0) is 19.7. The molecule has 0 atom stereocenters. The summed E-state index contributed by atoms with van der Waals surface area (Å²) >= 11 is 0. The minimum atomic E-state index is -2.76. The van der Waals surface area contributed by atoms with Crippen LogP contribution in [0.5, 0.6) is 0 Å². The van der Waals surface area contributed by atoms with Crippen molar-refractivity contribution >= 4 is 17.2 Å². The molecule has 0 bridgehead atoms. The molecule has 0 saturated carbocycles. The molecule has 2 aromatic heterocycles. The van der Waals surface area contributed by atoms with Gasteiger partial charge in [0.1, 0.15) is 11.3 Å². The molecule has 0 N–H and O–H groups in total. The van der Waals surface area contributed by atoms with Crippen molar-refractivity contribution in [3.63, 3.8) is 0 Å². The largest absolute Gasteiger partial charge is 0.311 e. The number of alkyl halides is 2. The number of halogens is 2. The van der Waals surface area contributed by atoms with Crippen molar-refractivity contribution in [1.29, 1.82) is 0 Å². The molecule has 140 valence electrons. The van der Waals surface area contributed by atoms with Crippen LogP contribution in [0, 0.1) is 0 Å². The first-order valence-corrected chi connectivity index (χ1v) is 8.61. The van der Waals surface area contributed by atoms with Gasteiger partial charge < -0.3 is 4.90 Å². The zero-order valence-corrected chi connectivity index (χ0v) is 15.0. The molecule has 0 radical (unpaired) electrons. The Morgan fingerprint density at radius 3 is 2.32 bits per heavy atom. The molecule has 0 unspecified atom stereocenters. The average Bonchev–Trinajstić information content (AvgIpc) is 3.17. The van der Waals surface area contributed by atoms with E-state index in [0.717, 1.165) is 4.52 Å². The second-order valence-corrected chi connectivity index (χ2v) is 6.23. The Morgan fingerprint density at radius 1 is 1.04 bits per heavy atom. The normalized spacial score (nSPS) is 11.1. The van der Waals surface area contributed by atoms with Gasteiger partial charge in [0.15, 0.2) is 5.65 Å². The first-order valence-electron chi connectivity index (χ1n) is 8.61. The lowest BCUT2D eigenvalue weighted by atomic mass is 10.1. The van der Waals surface area contributed by atoms with Crippen LogP contribution >= 0.6 is 0 Å². The molecule has 2 heterocycles. The van der Waals surface area contributed by atoms with Gasteiger partial charge in [-0.3, -0.25) is 4.79 Å². The molecule has 5 nitrogen and oxygen atoms in total. The van der Waals surface area contributed by atoms with Gasteiger partial charge in [-0.1, -0.05) is 48.5 Å². The number of aromatic nitrogens is 3. The van der Waals surface area contributed by atoms with E-state index in [2.05, 4.69) is 10.1 Å². The third-order valence-electron chi connectivity index (χ3n) is 4.47. The standard InChI is InChI=1S/C21H16F2N4O/c1-26(15-10-6-3-7-11-15)21(28)16-13-24-27-18(19(22)23)12-17(25-20(16)27)14-8-4-2-5-9-14/h2-13,19H,1H3. The van der Waals surface area contributed by atoms with Crippen LogP contribution in [0.3, 0.4) is 0 Å². The van der Waals surface area contributed by atoms with Crippen LogP contribution in [0.25, 0.3) is 16.9 Å². The number of anilines is 1. The maximum Gasteiger partial charge on any atom is 0.280 e. The molecule has 0 saturated heterocycles. The van der Waals surface area contributed by atoms with Gasteiger partial charge in [-0.2, -0.15) is 5.10 Å². The van der Waals surface area contributed by atoms with E-state index < -0.39 is 6.43 Å². The third kappa shape index (κ3) is 3.11. The van der Waals surface area contributed by atoms with Crippen molar-refractivity contribution in [2.24, 2.45) is 0 Å². The number of carbonyl (C=O) groups excluding carboxylic acids is 1. The summed E-state index contributed by atoms with van der Waals surface area (Å²) in [4.78, 5) is 18.9. The summed E-state index contributed by atoms with van der Waals surface area (Å²) in [6.45, 7) is 0. The summed E-state index contributed by atoms with van der Waals surface area (Å²) < 4.78 is 28.3. The highest BCUT2D eigenvalue weighted by molar-refractivity contribution is 6.09. The monoisotopic (exact) mass is 378 g/mol. The molecule has 7 heteroatoms. The number of rotatable bonds is 4. The predicted molar refractivity (Wildman–Crippen MR) is 103 cm³/mol. The quantitative estimate of drug-likeness (QED) is 0.521. The van der Waals surface area contributed by atoms with E-state index in [4.69, 9.17) is 0 Å². The molecule has 0 fully saturated rings. The lowest BCUT2D eigenvalue weighted by molar-refractivity contribution is 0.0994. The Kier molecular flexibility index (Phi) is 4.57. The van der Waals surface area contributed by atoms with Gasteiger partial charge in [-0.05, 0) is 18.2 Å². The van der Waals surface area contributed by atoms with Crippen LogP contribution in [-0.4, -0.2) is 27.6 Å².